The lowest BCUT2D eigenvalue weighted by Gasteiger charge is -2.27. The molecular weight excluding hydrogens is 454 g/mol. The monoisotopic (exact) mass is 488 g/mol. The number of rotatable bonds is 11. The van der Waals surface area contributed by atoms with Gasteiger partial charge >= 0.3 is 6.11 Å². The Bertz CT molecular complexity index is 1110. The summed E-state index contributed by atoms with van der Waals surface area (Å²) in [5.41, 5.74) is 4.49. The van der Waals surface area contributed by atoms with Crippen molar-refractivity contribution in [2.24, 2.45) is 5.92 Å². The fourth-order valence-corrected chi connectivity index (χ4v) is 4.74. The highest BCUT2D eigenvalue weighted by atomic mass is 19.3. The zero-order valence-corrected chi connectivity index (χ0v) is 20.7. The van der Waals surface area contributed by atoms with Crippen LogP contribution in [0.2, 0.25) is 0 Å². The summed E-state index contributed by atoms with van der Waals surface area (Å²) >= 11 is 0. The van der Waals surface area contributed by atoms with Gasteiger partial charge < -0.3 is 9.47 Å². The van der Waals surface area contributed by atoms with Gasteiger partial charge in [0.05, 0.1) is 0 Å². The van der Waals surface area contributed by atoms with Crippen molar-refractivity contribution in [2.75, 3.05) is 6.61 Å². The van der Waals surface area contributed by atoms with Crippen LogP contribution in [0, 0.1) is 5.92 Å². The predicted molar refractivity (Wildman–Crippen MR) is 143 cm³/mol. The number of ether oxygens (including phenoxy) is 2. The predicted octanol–water partition coefficient (Wildman–Crippen LogP) is 8.98. The highest BCUT2D eigenvalue weighted by Gasteiger charge is 2.33. The van der Waals surface area contributed by atoms with Gasteiger partial charge in [-0.05, 0) is 96.9 Å². The summed E-state index contributed by atoms with van der Waals surface area (Å²) in [4.78, 5) is 0. The molecule has 1 fully saturated rings. The summed E-state index contributed by atoms with van der Waals surface area (Å²) in [6.45, 7) is 6.76. The first-order valence-electron chi connectivity index (χ1n) is 12.7. The molecule has 0 heterocycles. The fraction of sp³-hybridized carbons (Fsp3) is 0.312. The minimum atomic E-state index is -3.45. The molecule has 0 aromatic heterocycles. The molecule has 2 nitrogen and oxygen atoms in total. The van der Waals surface area contributed by atoms with Gasteiger partial charge in [0.25, 0.3) is 0 Å². The molecule has 0 atom stereocenters. The normalized spacial score (nSPS) is 17.8. The van der Waals surface area contributed by atoms with E-state index in [0.29, 0.717) is 17.6 Å². The summed E-state index contributed by atoms with van der Waals surface area (Å²) in [5.74, 6) is 1.74. The van der Waals surface area contributed by atoms with Crippen LogP contribution >= 0.6 is 0 Å². The van der Waals surface area contributed by atoms with Crippen LogP contribution in [0.5, 0.6) is 11.5 Å². The van der Waals surface area contributed by atoms with Crippen molar-refractivity contribution in [3.05, 3.63) is 109 Å². The zero-order valence-electron chi connectivity index (χ0n) is 20.7. The van der Waals surface area contributed by atoms with Crippen molar-refractivity contribution in [1.82, 2.24) is 0 Å². The van der Waals surface area contributed by atoms with Gasteiger partial charge in [0.2, 0.25) is 0 Å². The summed E-state index contributed by atoms with van der Waals surface area (Å²) < 4.78 is 38.9. The second-order valence-corrected chi connectivity index (χ2v) is 9.49. The van der Waals surface area contributed by atoms with E-state index in [-0.39, 0.29) is 5.75 Å². The van der Waals surface area contributed by atoms with Gasteiger partial charge in [-0.15, -0.1) is 13.2 Å². The van der Waals surface area contributed by atoms with Crippen LogP contribution in [-0.2, 0) is 6.42 Å². The van der Waals surface area contributed by atoms with Gasteiger partial charge in [0.1, 0.15) is 11.5 Å². The van der Waals surface area contributed by atoms with Crippen molar-refractivity contribution in [3.63, 3.8) is 0 Å². The Morgan fingerprint density at radius 1 is 0.778 bits per heavy atom. The summed E-state index contributed by atoms with van der Waals surface area (Å²) in [7, 11) is 0. The second kappa shape index (κ2) is 12.0. The molecule has 1 aliphatic carbocycles. The van der Waals surface area contributed by atoms with Crippen LogP contribution in [0.25, 0.3) is 11.1 Å². The number of alkyl halides is 2. The first kappa shape index (κ1) is 25.7. The molecule has 188 valence electrons. The first-order valence-corrected chi connectivity index (χ1v) is 12.7. The molecule has 3 aromatic rings. The van der Waals surface area contributed by atoms with E-state index in [0.717, 1.165) is 29.5 Å². The molecule has 0 radical (unpaired) electrons. The topological polar surface area (TPSA) is 18.5 Å². The van der Waals surface area contributed by atoms with Crippen molar-refractivity contribution in [3.8, 4) is 22.6 Å². The van der Waals surface area contributed by atoms with Gasteiger partial charge in [-0.1, -0.05) is 60.7 Å². The SMILES string of the molecule is C=CCCc1ccc(OCC(F)(F)Oc2ccc(-c3ccc(C4CCC(C=C)CC4)cc3)cc2)cc1. The van der Waals surface area contributed by atoms with Crippen LogP contribution in [0.4, 0.5) is 8.78 Å². The van der Waals surface area contributed by atoms with E-state index in [9.17, 15) is 8.78 Å². The van der Waals surface area contributed by atoms with Crippen LogP contribution in [0.15, 0.2) is 98.1 Å². The number of allylic oxidation sites excluding steroid dienone is 2. The molecule has 36 heavy (non-hydrogen) atoms. The smallest absolute Gasteiger partial charge is 0.432 e. The minimum absolute atomic E-state index is 0.0997. The summed E-state index contributed by atoms with van der Waals surface area (Å²) in [5, 5.41) is 0. The average Bonchev–Trinajstić information content (AvgIpc) is 2.92. The average molecular weight is 489 g/mol. The van der Waals surface area contributed by atoms with Crippen LogP contribution in [-0.4, -0.2) is 12.7 Å². The minimum Gasteiger partial charge on any atom is -0.483 e. The lowest BCUT2D eigenvalue weighted by molar-refractivity contribution is -0.195. The molecule has 4 heteroatoms. The fourth-order valence-electron chi connectivity index (χ4n) is 4.74. The largest absolute Gasteiger partial charge is 0.483 e. The molecule has 3 aromatic carbocycles. The highest BCUT2D eigenvalue weighted by Crippen LogP contribution is 2.37. The zero-order chi connectivity index (χ0) is 25.4. The molecule has 4 rings (SSSR count). The van der Waals surface area contributed by atoms with Crippen molar-refractivity contribution < 1.29 is 18.3 Å². The Morgan fingerprint density at radius 2 is 1.36 bits per heavy atom. The van der Waals surface area contributed by atoms with Gasteiger partial charge in [0.15, 0.2) is 6.61 Å². The van der Waals surface area contributed by atoms with E-state index in [1.54, 1.807) is 36.4 Å². The summed E-state index contributed by atoms with van der Waals surface area (Å²) in [6, 6.07) is 22.5. The van der Waals surface area contributed by atoms with Gasteiger partial charge in [-0.2, -0.15) is 8.78 Å². The van der Waals surface area contributed by atoms with Crippen molar-refractivity contribution >= 4 is 0 Å². The molecular formula is C32H34F2O2. The van der Waals surface area contributed by atoms with Crippen molar-refractivity contribution in [1.29, 1.82) is 0 Å². The molecule has 1 saturated carbocycles. The molecule has 0 saturated heterocycles. The van der Waals surface area contributed by atoms with Gasteiger partial charge in [0, 0.05) is 0 Å². The van der Waals surface area contributed by atoms with Crippen LogP contribution < -0.4 is 9.47 Å². The Hall–Kier alpha value is -3.40. The van der Waals surface area contributed by atoms with Gasteiger partial charge in [-0.3, -0.25) is 0 Å². The third-order valence-electron chi connectivity index (χ3n) is 6.91. The van der Waals surface area contributed by atoms with Crippen LogP contribution in [0.3, 0.4) is 0 Å². The molecule has 0 amide bonds. The first-order chi connectivity index (χ1) is 17.5. The molecule has 0 N–H and O–H groups in total. The Morgan fingerprint density at radius 3 is 1.94 bits per heavy atom. The van der Waals surface area contributed by atoms with Gasteiger partial charge in [-0.25, -0.2) is 0 Å². The number of aryl methyl sites for hydroxylation is 1. The van der Waals surface area contributed by atoms with E-state index in [1.165, 1.54) is 31.2 Å². The van der Waals surface area contributed by atoms with E-state index >= 15 is 0 Å². The van der Waals surface area contributed by atoms with Crippen LogP contribution in [0.1, 0.15) is 49.1 Å². The van der Waals surface area contributed by atoms with E-state index in [1.807, 2.05) is 18.2 Å². The third kappa shape index (κ3) is 7.07. The van der Waals surface area contributed by atoms with E-state index in [4.69, 9.17) is 9.47 Å². The number of hydrogen-bond acceptors (Lipinski definition) is 2. The summed E-state index contributed by atoms with van der Waals surface area (Å²) in [6.07, 6.45) is 7.01. The number of halogens is 2. The second-order valence-electron chi connectivity index (χ2n) is 9.49. The molecule has 0 unspecified atom stereocenters. The molecule has 0 spiro atoms. The molecule has 0 aliphatic heterocycles. The lowest BCUT2D eigenvalue weighted by atomic mass is 9.78. The molecule has 0 bridgehead atoms. The number of hydrogen-bond donors (Lipinski definition) is 0. The Kier molecular flexibility index (Phi) is 8.58. The third-order valence-corrected chi connectivity index (χ3v) is 6.91. The quantitative estimate of drug-likeness (QED) is 0.251. The number of benzene rings is 3. The van der Waals surface area contributed by atoms with Crippen molar-refractivity contribution in [2.45, 2.75) is 50.6 Å². The lowest BCUT2D eigenvalue weighted by Crippen LogP contribution is -2.32. The van der Waals surface area contributed by atoms with E-state index in [2.05, 4.69) is 43.5 Å². The molecule has 1 aliphatic rings. The Balaban J connectivity index is 1.30. The highest BCUT2D eigenvalue weighted by molar-refractivity contribution is 5.64. The maximum atomic E-state index is 14.4. The maximum absolute atomic E-state index is 14.4. The maximum Gasteiger partial charge on any atom is 0.432 e. The Labute approximate surface area is 213 Å². The van der Waals surface area contributed by atoms with E-state index < -0.39 is 12.7 Å². The standard InChI is InChI=1S/C32H34F2O2/c1-3-5-6-25-9-19-30(20-10-25)35-23-32(33,34)36-31-21-17-29(18-22-31)28-15-13-27(14-16-28)26-11-7-24(4-2)8-12-26/h3-4,9-10,13-22,24,26H,1-2,5-8,11-12,23H2.